The predicted octanol–water partition coefficient (Wildman–Crippen LogP) is 1.87. The molecule has 1 N–H and O–H groups in total. The average molecular weight is 240 g/mol. The molecule has 0 radical (unpaired) electrons. The summed E-state index contributed by atoms with van der Waals surface area (Å²) in [7, 11) is 2.31. The van der Waals surface area contributed by atoms with Gasteiger partial charge in [-0.2, -0.15) is 0 Å². The van der Waals surface area contributed by atoms with Gasteiger partial charge in [-0.15, -0.1) is 0 Å². The molecule has 2 rings (SSSR count). The van der Waals surface area contributed by atoms with Gasteiger partial charge in [0.05, 0.1) is 6.10 Å². The number of piperidine rings is 1. The van der Waals surface area contributed by atoms with Crippen LogP contribution >= 0.6 is 0 Å². The van der Waals surface area contributed by atoms with Crippen molar-refractivity contribution >= 4 is 0 Å². The second-order valence-electron chi connectivity index (χ2n) is 6.00. The third-order valence-electron chi connectivity index (χ3n) is 4.45. The Labute approximate surface area is 106 Å². The van der Waals surface area contributed by atoms with Gasteiger partial charge in [-0.05, 0) is 45.2 Å². The first-order valence-corrected chi connectivity index (χ1v) is 7.22. The van der Waals surface area contributed by atoms with E-state index in [0.29, 0.717) is 12.0 Å². The van der Waals surface area contributed by atoms with Crippen molar-refractivity contribution in [2.24, 2.45) is 5.92 Å². The number of likely N-dealkylation sites (N-methyl/N-ethyl adjacent to an activating group) is 1. The largest absolute Gasteiger partial charge is 0.378 e. The van der Waals surface area contributed by atoms with Gasteiger partial charge >= 0.3 is 0 Å². The van der Waals surface area contributed by atoms with Gasteiger partial charge in [0, 0.05) is 25.2 Å². The van der Waals surface area contributed by atoms with E-state index in [9.17, 15) is 0 Å². The zero-order valence-corrected chi connectivity index (χ0v) is 11.6. The molecule has 17 heavy (non-hydrogen) atoms. The number of hydrogen-bond acceptors (Lipinski definition) is 3. The number of nitrogens with one attached hydrogen (secondary N) is 1. The van der Waals surface area contributed by atoms with Crippen molar-refractivity contribution in [3.63, 3.8) is 0 Å². The summed E-state index contributed by atoms with van der Waals surface area (Å²) in [6, 6.07) is 1.46. The van der Waals surface area contributed by atoms with Gasteiger partial charge in [0.15, 0.2) is 0 Å². The molecule has 0 bridgehead atoms. The summed E-state index contributed by atoms with van der Waals surface area (Å²) in [5.41, 5.74) is 0. The lowest BCUT2D eigenvalue weighted by Gasteiger charge is -2.42. The maximum Gasteiger partial charge on any atom is 0.0612 e. The molecule has 3 unspecified atom stereocenters. The van der Waals surface area contributed by atoms with Gasteiger partial charge in [0.1, 0.15) is 0 Å². The van der Waals surface area contributed by atoms with Crippen molar-refractivity contribution in [2.75, 3.05) is 26.7 Å². The minimum absolute atomic E-state index is 0.466. The molecular formula is C14H28N2O. The first-order chi connectivity index (χ1) is 8.18. The zero-order valence-electron chi connectivity index (χ0n) is 11.6. The molecule has 0 aromatic carbocycles. The van der Waals surface area contributed by atoms with Crippen LogP contribution in [-0.4, -0.2) is 49.8 Å². The van der Waals surface area contributed by atoms with E-state index >= 15 is 0 Å². The van der Waals surface area contributed by atoms with Gasteiger partial charge < -0.3 is 10.1 Å². The Morgan fingerprint density at radius 2 is 2.06 bits per heavy atom. The van der Waals surface area contributed by atoms with E-state index < -0.39 is 0 Å². The molecule has 0 amide bonds. The van der Waals surface area contributed by atoms with E-state index in [1.54, 1.807) is 0 Å². The van der Waals surface area contributed by atoms with Crippen LogP contribution in [-0.2, 0) is 4.74 Å². The molecule has 100 valence electrons. The Hall–Kier alpha value is -0.120. The summed E-state index contributed by atoms with van der Waals surface area (Å²) in [6.07, 6.45) is 5.56. The second kappa shape index (κ2) is 6.17. The minimum Gasteiger partial charge on any atom is -0.378 e. The highest BCUT2D eigenvalue weighted by Gasteiger charge is 2.30. The summed E-state index contributed by atoms with van der Waals surface area (Å²) in [5, 5.41) is 3.52. The van der Waals surface area contributed by atoms with Crippen molar-refractivity contribution in [3.8, 4) is 0 Å². The van der Waals surface area contributed by atoms with Crippen LogP contribution in [0.2, 0.25) is 0 Å². The monoisotopic (exact) mass is 240 g/mol. The molecule has 2 fully saturated rings. The third-order valence-corrected chi connectivity index (χ3v) is 4.45. The molecular weight excluding hydrogens is 212 g/mol. The van der Waals surface area contributed by atoms with E-state index in [1.807, 2.05) is 0 Å². The highest BCUT2D eigenvalue weighted by Crippen LogP contribution is 2.25. The van der Waals surface area contributed by atoms with E-state index in [2.05, 4.69) is 31.1 Å². The fraction of sp³-hybridized carbons (Fsp3) is 1.00. The van der Waals surface area contributed by atoms with Gasteiger partial charge in [-0.1, -0.05) is 13.8 Å². The fourth-order valence-electron chi connectivity index (χ4n) is 3.12. The number of ether oxygens (including phenoxy) is 1. The lowest BCUT2D eigenvalue weighted by molar-refractivity contribution is -0.0521. The maximum atomic E-state index is 5.86. The second-order valence-corrected chi connectivity index (χ2v) is 6.00. The van der Waals surface area contributed by atoms with E-state index in [-0.39, 0.29) is 0 Å². The zero-order chi connectivity index (χ0) is 12.3. The molecule has 0 saturated carbocycles. The van der Waals surface area contributed by atoms with Crippen molar-refractivity contribution in [3.05, 3.63) is 0 Å². The molecule has 0 aromatic heterocycles. The number of nitrogens with zero attached hydrogens (tertiary/aromatic N) is 1. The van der Waals surface area contributed by atoms with Gasteiger partial charge in [0.2, 0.25) is 0 Å². The average Bonchev–Trinajstić information content (AvgIpc) is 2.39. The summed E-state index contributed by atoms with van der Waals surface area (Å²) in [4.78, 5) is 2.62. The number of hydrogen-bond donors (Lipinski definition) is 1. The van der Waals surface area contributed by atoms with Crippen LogP contribution in [0.5, 0.6) is 0 Å². The third kappa shape index (κ3) is 3.43. The van der Waals surface area contributed by atoms with E-state index in [0.717, 1.165) is 18.7 Å². The van der Waals surface area contributed by atoms with Crippen molar-refractivity contribution in [1.82, 2.24) is 10.2 Å². The molecule has 0 aliphatic carbocycles. The molecule has 2 heterocycles. The van der Waals surface area contributed by atoms with Crippen LogP contribution in [0.3, 0.4) is 0 Å². The molecule has 0 aromatic rings. The summed E-state index contributed by atoms with van der Waals surface area (Å²) in [5.74, 6) is 0.649. The van der Waals surface area contributed by atoms with Crippen molar-refractivity contribution < 1.29 is 4.74 Å². The molecule has 2 aliphatic heterocycles. The standard InChI is InChI=1S/C14H28N2O/c1-11(2)14-9-12(6-8-17-14)16(3)13-5-4-7-15-10-13/h11-15H,4-10H2,1-3H3. The smallest absolute Gasteiger partial charge is 0.0612 e. The Morgan fingerprint density at radius 3 is 2.71 bits per heavy atom. The Morgan fingerprint density at radius 1 is 1.24 bits per heavy atom. The van der Waals surface area contributed by atoms with Crippen LogP contribution < -0.4 is 5.32 Å². The first-order valence-electron chi connectivity index (χ1n) is 7.22. The van der Waals surface area contributed by atoms with Crippen LogP contribution in [0.4, 0.5) is 0 Å². The van der Waals surface area contributed by atoms with Crippen LogP contribution in [0, 0.1) is 5.92 Å². The van der Waals surface area contributed by atoms with E-state index in [4.69, 9.17) is 4.74 Å². The van der Waals surface area contributed by atoms with Crippen LogP contribution in [0.25, 0.3) is 0 Å². The highest BCUT2D eigenvalue weighted by atomic mass is 16.5. The quantitative estimate of drug-likeness (QED) is 0.815. The highest BCUT2D eigenvalue weighted by molar-refractivity contribution is 4.85. The Bertz CT molecular complexity index is 226. The summed E-state index contributed by atoms with van der Waals surface area (Å²) in [6.45, 7) is 7.86. The maximum absolute atomic E-state index is 5.86. The van der Waals surface area contributed by atoms with Crippen LogP contribution in [0.15, 0.2) is 0 Å². The predicted molar refractivity (Wildman–Crippen MR) is 71.3 cm³/mol. The minimum atomic E-state index is 0.466. The molecule has 2 aliphatic rings. The lowest BCUT2D eigenvalue weighted by atomic mass is 9.93. The molecule has 2 saturated heterocycles. The molecule has 3 heteroatoms. The summed E-state index contributed by atoms with van der Waals surface area (Å²) < 4.78 is 5.86. The Kier molecular flexibility index (Phi) is 4.83. The SMILES string of the molecule is CC(C)C1CC(N(C)C2CCCNC2)CCO1. The number of rotatable bonds is 3. The molecule has 0 spiro atoms. The van der Waals surface area contributed by atoms with Gasteiger partial charge in [0.25, 0.3) is 0 Å². The summed E-state index contributed by atoms with van der Waals surface area (Å²) >= 11 is 0. The normalized spacial score (nSPS) is 35.5. The van der Waals surface area contributed by atoms with E-state index in [1.165, 1.54) is 38.8 Å². The van der Waals surface area contributed by atoms with Gasteiger partial charge in [-0.25, -0.2) is 0 Å². The van der Waals surface area contributed by atoms with Crippen molar-refractivity contribution in [2.45, 2.75) is 57.7 Å². The van der Waals surface area contributed by atoms with Gasteiger partial charge in [-0.3, -0.25) is 4.90 Å². The fourth-order valence-corrected chi connectivity index (χ4v) is 3.12. The topological polar surface area (TPSA) is 24.5 Å². The first kappa shape index (κ1) is 13.3. The van der Waals surface area contributed by atoms with Crippen LogP contribution in [0.1, 0.15) is 39.5 Å². The Balaban J connectivity index is 1.87. The molecule has 3 nitrogen and oxygen atoms in total. The lowest BCUT2D eigenvalue weighted by Crippen LogP contribution is -2.51. The van der Waals surface area contributed by atoms with Crippen molar-refractivity contribution in [1.29, 1.82) is 0 Å². The molecule has 3 atom stereocenters.